The second kappa shape index (κ2) is 6.55. The molecule has 18 heavy (non-hydrogen) atoms. The van der Waals surface area contributed by atoms with Crippen molar-refractivity contribution in [1.82, 2.24) is 21.3 Å². The Morgan fingerprint density at radius 2 is 2.00 bits per heavy atom. The summed E-state index contributed by atoms with van der Waals surface area (Å²) in [4.78, 5) is 43.6. The highest BCUT2D eigenvalue weighted by atomic mass is 16.4. The van der Waals surface area contributed by atoms with E-state index in [0.29, 0.717) is 0 Å². The maximum atomic E-state index is 11.5. The zero-order chi connectivity index (χ0) is 13.5. The SMILES string of the molecule is O=C(O)CNC(=O)CNC(=O)C1CNC(=O)CN1. The number of nitrogens with one attached hydrogen (secondary N) is 4. The highest BCUT2D eigenvalue weighted by Crippen LogP contribution is 1.87. The van der Waals surface area contributed by atoms with E-state index in [1.807, 2.05) is 0 Å². The second-order valence-electron chi connectivity index (χ2n) is 3.63. The van der Waals surface area contributed by atoms with Crippen LogP contribution >= 0.6 is 0 Å². The van der Waals surface area contributed by atoms with Gasteiger partial charge in [0.25, 0.3) is 0 Å². The lowest BCUT2D eigenvalue weighted by Gasteiger charge is -2.22. The van der Waals surface area contributed by atoms with Crippen molar-refractivity contribution in [3.8, 4) is 0 Å². The number of amides is 3. The second-order valence-corrected chi connectivity index (χ2v) is 3.63. The van der Waals surface area contributed by atoms with E-state index in [-0.39, 0.29) is 25.5 Å². The minimum absolute atomic E-state index is 0.0449. The Bertz CT molecular complexity index is 360. The summed E-state index contributed by atoms with van der Waals surface area (Å²) in [5.41, 5.74) is 0. The van der Waals surface area contributed by atoms with Crippen LogP contribution in [0.3, 0.4) is 0 Å². The molecule has 1 rings (SSSR count). The number of hydrogen-bond acceptors (Lipinski definition) is 5. The summed E-state index contributed by atoms with van der Waals surface area (Å²) >= 11 is 0. The Labute approximate surface area is 102 Å². The fourth-order valence-electron chi connectivity index (χ4n) is 1.28. The van der Waals surface area contributed by atoms with Gasteiger partial charge in [0, 0.05) is 6.54 Å². The van der Waals surface area contributed by atoms with E-state index in [1.54, 1.807) is 0 Å². The normalized spacial score (nSPS) is 18.7. The molecule has 0 saturated carbocycles. The molecule has 0 aromatic carbocycles. The van der Waals surface area contributed by atoms with Gasteiger partial charge < -0.3 is 21.1 Å². The lowest BCUT2D eigenvalue weighted by atomic mass is 10.2. The predicted octanol–water partition coefficient (Wildman–Crippen LogP) is -3.61. The number of aliphatic carboxylic acids is 1. The predicted molar refractivity (Wildman–Crippen MR) is 58.5 cm³/mol. The lowest BCUT2D eigenvalue weighted by Crippen LogP contribution is -2.58. The molecule has 1 saturated heterocycles. The molecule has 1 fully saturated rings. The van der Waals surface area contributed by atoms with Crippen LogP contribution in [0.25, 0.3) is 0 Å². The van der Waals surface area contributed by atoms with Crippen molar-refractivity contribution in [2.45, 2.75) is 6.04 Å². The highest BCUT2D eigenvalue weighted by Gasteiger charge is 2.23. The zero-order valence-corrected chi connectivity index (χ0v) is 9.49. The van der Waals surface area contributed by atoms with Crippen LogP contribution in [0.15, 0.2) is 0 Å². The molecule has 1 atom stereocenters. The first-order valence-electron chi connectivity index (χ1n) is 5.25. The van der Waals surface area contributed by atoms with Crippen molar-refractivity contribution in [2.75, 3.05) is 26.2 Å². The van der Waals surface area contributed by atoms with Gasteiger partial charge in [-0.25, -0.2) is 0 Å². The van der Waals surface area contributed by atoms with Gasteiger partial charge in [-0.1, -0.05) is 0 Å². The molecule has 0 aromatic heterocycles. The molecule has 9 heteroatoms. The number of piperazine rings is 1. The summed E-state index contributed by atoms with van der Waals surface area (Å²) in [6.07, 6.45) is 0. The molecule has 9 nitrogen and oxygen atoms in total. The fourth-order valence-corrected chi connectivity index (χ4v) is 1.28. The van der Waals surface area contributed by atoms with Crippen molar-refractivity contribution < 1.29 is 24.3 Å². The topological polar surface area (TPSA) is 137 Å². The monoisotopic (exact) mass is 258 g/mol. The summed E-state index contributed by atoms with van der Waals surface area (Å²) in [5, 5.41) is 17.9. The van der Waals surface area contributed by atoms with Crippen molar-refractivity contribution >= 4 is 23.7 Å². The first-order chi connectivity index (χ1) is 8.49. The Kier molecular flexibility index (Phi) is 5.06. The quantitative estimate of drug-likeness (QED) is 0.345. The maximum Gasteiger partial charge on any atom is 0.322 e. The summed E-state index contributed by atoms with van der Waals surface area (Å²) in [6, 6.07) is -0.588. The third-order valence-electron chi connectivity index (χ3n) is 2.19. The van der Waals surface area contributed by atoms with Crippen LogP contribution in [-0.2, 0) is 19.2 Å². The Hall–Kier alpha value is -2.16. The van der Waals surface area contributed by atoms with E-state index in [9.17, 15) is 19.2 Å². The number of carbonyl (C=O) groups excluding carboxylic acids is 3. The van der Waals surface area contributed by atoms with Crippen LogP contribution in [0.1, 0.15) is 0 Å². The molecule has 1 heterocycles. The third-order valence-corrected chi connectivity index (χ3v) is 2.19. The number of carbonyl (C=O) groups is 4. The molecule has 3 amide bonds. The Morgan fingerprint density at radius 3 is 2.56 bits per heavy atom. The van der Waals surface area contributed by atoms with Gasteiger partial charge in [0.1, 0.15) is 12.6 Å². The van der Waals surface area contributed by atoms with Crippen molar-refractivity contribution in [3.63, 3.8) is 0 Å². The minimum Gasteiger partial charge on any atom is -0.480 e. The summed E-state index contributed by atoms with van der Waals surface area (Å²) in [6.45, 7) is -0.602. The van der Waals surface area contributed by atoms with Crippen LogP contribution in [-0.4, -0.2) is 61.0 Å². The van der Waals surface area contributed by atoms with Crippen LogP contribution in [0, 0.1) is 0 Å². The van der Waals surface area contributed by atoms with Crippen LogP contribution in [0.4, 0.5) is 0 Å². The number of carboxylic acids is 1. The van der Waals surface area contributed by atoms with Crippen LogP contribution in [0.5, 0.6) is 0 Å². The molecule has 0 spiro atoms. The highest BCUT2D eigenvalue weighted by molar-refractivity contribution is 5.90. The first kappa shape index (κ1) is 13.9. The average Bonchev–Trinajstić information content (AvgIpc) is 2.34. The molecule has 1 aliphatic heterocycles. The standard InChI is InChI=1S/C9H14N4O5/c14-6-2-10-5(1-11-6)9(18)13-3-7(15)12-4-8(16)17/h5,10H,1-4H2,(H,11,14)(H,12,15)(H,13,18)(H,16,17). The van der Waals surface area contributed by atoms with Gasteiger partial charge in [-0.3, -0.25) is 24.5 Å². The van der Waals surface area contributed by atoms with Gasteiger partial charge >= 0.3 is 5.97 Å². The van der Waals surface area contributed by atoms with Gasteiger partial charge in [-0.15, -0.1) is 0 Å². The molecular formula is C9H14N4O5. The molecule has 1 aliphatic rings. The molecule has 0 radical (unpaired) electrons. The van der Waals surface area contributed by atoms with E-state index in [0.717, 1.165) is 0 Å². The molecule has 0 bridgehead atoms. The first-order valence-corrected chi connectivity index (χ1v) is 5.25. The number of hydrogen-bond donors (Lipinski definition) is 5. The maximum absolute atomic E-state index is 11.5. The molecular weight excluding hydrogens is 244 g/mol. The Balaban J connectivity index is 2.22. The van der Waals surface area contributed by atoms with Gasteiger partial charge in [0.15, 0.2) is 0 Å². The molecule has 1 unspecified atom stereocenters. The fraction of sp³-hybridized carbons (Fsp3) is 0.556. The van der Waals surface area contributed by atoms with E-state index < -0.39 is 30.4 Å². The number of rotatable bonds is 5. The molecule has 0 aliphatic carbocycles. The molecule has 5 N–H and O–H groups in total. The average molecular weight is 258 g/mol. The third kappa shape index (κ3) is 4.78. The van der Waals surface area contributed by atoms with E-state index in [1.165, 1.54) is 0 Å². The lowest BCUT2D eigenvalue weighted by molar-refractivity contribution is -0.137. The van der Waals surface area contributed by atoms with Crippen molar-refractivity contribution in [2.24, 2.45) is 0 Å². The largest absolute Gasteiger partial charge is 0.480 e. The van der Waals surface area contributed by atoms with Crippen molar-refractivity contribution in [3.05, 3.63) is 0 Å². The van der Waals surface area contributed by atoms with Gasteiger partial charge in [-0.2, -0.15) is 0 Å². The van der Waals surface area contributed by atoms with E-state index >= 15 is 0 Å². The minimum atomic E-state index is -1.16. The van der Waals surface area contributed by atoms with E-state index in [4.69, 9.17) is 5.11 Å². The zero-order valence-electron chi connectivity index (χ0n) is 9.49. The van der Waals surface area contributed by atoms with Crippen molar-refractivity contribution in [1.29, 1.82) is 0 Å². The molecule has 0 aromatic rings. The van der Waals surface area contributed by atoms with Gasteiger partial charge in [0.2, 0.25) is 17.7 Å². The summed E-state index contributed by atoms with van der Waals surface area (Å²) in [7, 11) is 0. The summed E-state index contributed by atoms with van der Waals surface area (Å²) < 4.78 is 0. The summed E-state index contributed by atoms with van der Waals surface area (Å²) in [5.74, 6) is -2.38. The Morgan fingerprint density at radius 1 is 1.28 bits per heavy atom. The van der Waals surface area contributed by atoms with Crippen LogP contribution in [0.2, 0.25) is 0 Å². The smallest absolute Gasteiger partial charge is 0.322 e. The number of carboxylic acid groups (broad SMARTS) is 1. The van der Waals surface area contributed by atoms with Crippen LogP contribution < -0.4 is 21.3 Å². The van der Waals surface area contributed by atoms with Gasteiger partial charge in [0.05, 0.1) is 13.1 Å². The van der Waals surface area contributed by atoms with E-state index in [2.05, 4.69) is 21.3 Å². The molecule has 100 valence electrons. The van der Waals surface area contributed by atoms with Gasteiger partial charge in [-0.05, 0) is 0 Å².